The number of nitrogens with one attached hydrogen (secondary N) is 1. The monoisotopic (exact) mass is 344 g/mol. The van der Waals surface area contributed by atoms with Gasteiger partial charge < -0.3 is 15.0 Å². The summed E-state index contributed by atoms with van der Waals surface area (Å²) in [7, 11) is 0. The van der Waals surface area contributed by atoms with Crippen molar-refractivity contribution in [2.24, 2.45) is 0 Å². The van der Waals surface area contributed by atoms with Gasteiger partial charge in [-0.3, -0.25) is 4.79 Å². The number of amides is 1. The van der Waals surface area contributed by atoms with Crippen LogP contribution in [0.15, 0.2) is 49.6 Å². The van der Waals surface area contributed by atoms with Crippen molar-refractivity contribution in [2.45, 2.75) is 39.0 Å². The van der Waals surface area contributed by atoms with Gasteiger partial charge in [-0.05, 0) is 18.6 Å². The molecule has 0 aliphatic rings. The minimum Gasteiger partial charge on any atom is -0.494 e. The molecule has 1 aromatic carbocycles. The average molecular weight is 344 g/mol. The van der Waals surface area contributed by atoms with E-state index in [1.54, 1.807) is 17.1 Å². The molecule has 0 aromatic heterocycles. The molecule has 0 aliphatic heterocycles. The molecule has 0 bridgehead atoms. The van der Waals surface area contributed by atoms with Crippen molar-refractivity contribution >= 4 is 11.6 Å². The molecule has 0 heterocycles. The van der Waals surface area contributed by atoms with Crippen LogP contribution in [0, 0.1) is 0 Å². The zero-order valence-electron chi connectivity index (χ0n) is 15.5. The van der Waals surface area contributed by atoms with E-state index in [0.29, 0.717) is 13.1 Å². The lowest BCUT2D eigenvalue weighted by molar-refractivity contribution is -0.128. The van der Waals surface area contributed by atoms with Gasteiger partial charge in [0.1, 0.15) is 5.75 Å². The van der Waals surface area contributed by atoms with Crippen LogP contribution < -0.4 is 10.1 Å². The highest BCUT2D eigenvalue weighted by atomic mass is 16.5. The van der Waals surface area contributed by atoms with Crippen LogP contribution in [0.1, 0.15) is 39.0 Å². The fraction of sp³-hybridized carbons (Fsp3) is 0.476. The van der Waals surface area contributed by atoms with Crippen LogP contribution in [-0.4, -0.2) is 37.0 Å². The summed E-state index contributed by atoms with van der Waals surface area (Å²) in [6.45, 7) is 11.6. The van der Waals surface area contributed by atoms with Gasteiger partial charge in [-0.15, -0.1) is 13.2 Å². The molecule has 25 heavy (non-hydrogen) atoms. The lowest BCUT2D eigenvalue weighted by Gasteiger charge is -2.20. The first-order valence-corrected chi connectivity index (χ1v) is 9.17. The van der Waals surface area contributed by atoms with Crippen molar-refractivity contribution < 1.29 is 9.53 Å². The van der Waals surface area contributed by atoms with Crippen LogP contribution in [0.2, 0.25) is 0 Å². The van der Waals surface area contributed by atoms with Gasteiger partial charge in [0.2, 0.25) is 5.91 Å². The SMILES string of the molecule is C=CCN(CC=C)C(=O)CNc1cccc(OCCCCCCC)c1. The summed E-state index contributed by atoms with van der Waals surface area (Å²) in [4.78, 5) is 13.9. The van der Waals surface area contributed by atoms with Gasteiger partial charge in [0.05, 0.1) is 13.2 Å². The number of carbonyl (C=O) groups excluding carboxylic acids is 1. The highest BCUT2D eigenvalue weighted by Gasteiger charge is 2.10. The Bertz CT molecular complexity index is 518. The molecule has 1 aromatic rings. The number of carbonyl (C=O) groups is 1. The second kappa shape index (κ2) is 13.1. The molecule has 0 spiro atoms. The maximum atomic E-state index is 12.2. The average Bonchev–Trinajstić information content (AvgIpc) is 2.63. The van der Waals surface area contributed by atoms with Crippen LogP contribution in [0.25, 0.3) is 0 Å². The normalized spacial score (nSPS) is 10.1. The number of anilines is 1. The molecule has 4 heteroatoms. The molecule has 1 amide bonds. The molecule has 4 nitrogen and oxygen atoms in total. The number of hydrogen-bond donors (Lipinski definition) is 1. The Morgan fingerprint density at radius 2 is 1.88 bits per heavy atom. The third-order valence-corrected chi connectivity index (χ3v) is 3.85. The smallest absolute Gasteiger partial charge is 0.242 e. The van der Waals surface area contributed by atoms with E-state index in [-0.39, 0.29) is 12.5 Å². The molecular weight excluding hydrogens is 312 g/mol. The molecule has 1 rings (SSSR count). The van der Waals surface area contributed by atoms with Gasteiger partial charge in [0, 0.05) is 24.8 Å². The van der Waals surface area contributed by atoms with Crippen molar-refractivity contribution in [1.29, 1.82) is 0 Å². The van der Waals surface area contributed by atoms with Crippen LogP contribution in [0.5, 0.6) is 5.75 Å². The topological polar surface area (TPSA) is 41.6 Å². The Balaban J connectivity index is 2.40. The van der Waals surface area contributed by atoms with Crippen molar-refractivity contribution in [1.82, 2.24) is 4.90 Å². The Kier molecular flexibility index (Phi) is 10.9. The molecule has 0 saturated carbocycles. The first-order chi connectivity index (χ1) is 12.2. The van der Waals surface area contributed by atoms with Crippen LogP contribution in [-0.2, 0) is 4.79 Å². The first kappa shape index (κ1) is 20.8. The molecule has 1 N–H and O–H groups in total. The van der Waals surface area contributed by atoms with E-state index in [1.807, 2.05) is 24.3 Å². The summed E-state index contributed by atoms with van der Waals surface area (Å²) in [5.41, 5.74) is 0.883. The lowest BCUT2D eigenvalue weighted by atomic mass is 10.2. The van der Waals surface area contributed by atoms with Crippen molar-refractivity contribution in [2.75, 3.05) is 31.6 Å². The van der Waals surface area contributed by atoms with Gasteiger partial charge in [-0.1, -0.05) is 50.8 Å². The van der Waals surface area contributed by atoms with E-state index >= 15 is 0 Å². The van der Waals surface area contributed by atoms with E-state index in [0.717, 1.165) is 24.5 Å². The molecule has 0 aliphatic carbocycles. The summed E-state index contributed by atoms with van der Waals surface area (Å²) in [5.74, 6) is 0.851. The lowest BCUT2D eigenvalue weighted by Crippen LogP contribution is -2.35. The highest BCUT2D eigenvalue weighted by Crippen LogP contribution is 2.18. The predicted octanol–water partition coefficient (Wildman–Crippen LogP) is 4.65. The summed E-state index contributed by atoms with van der Waals surface area (Å²) in [6, 6.07) is 7.75. The fourth-order valence-electron chi connectivity index (χ4n) is 2.47. The maximum absolute atomic E-state index is 12.2. The summed E-state index contributed by atoms with van der Waals surface area (Å²) >= 11 is 0. The van der Waals surface area contributed by atoms with Gasteiger partial charge in [-0.2, -0.15) is 0 Å². The molecule has 0 unspecified atom stereocenters. The summed E-state index contributed by atoms with van der Waals surface area (Å²) in [5, 5.41) is 3.16. The summed E-state index contributed by atoms with van der Waals surface area (Å²) in [6.07, 6.45) is 9.55. The molecule has 138 valence electrons. The molecular formula is C21H32N2O2. The minimum atomic E-state index is 0.0158. The highest BCUT2D eigenvalue weighted by molar-refractivity contribution is 5.81. The second-order valence-electron chi connectivity index (χ2n) is 6.02. The molecule has 0 atom stereocenters. The van der Waals surface area contributed by atoms with Crippen molar-refractivity contribution in [3.63, 3.8) is 0 Å². The van der Waals surface area contributed by atoms with Crippen molar-refractivity contribution in [3.8, 4) is 5.75 Å². The largest absolute Gasteiger partial charge is 0.494 e. The third kappa shape index (κ3) is 8.99. The Hall–Kier alpha value is -2.23. The van der Waals surface area contributed by atoms with Gasteiger partial charge >= 0.3 is 0 Å². The number of rotatable bonds is 14. The van der Waals surface area contributed by atoms with Crippen molar-refractivity contribution in [3.05, 3.63) is 49.6 Å². The molecule has 0 saturated heterocycles. The number of nitrogens with zero attached hydrogens (tertiary/aromatic N) is 1. The number of ether oxygens (including phenoxy) is 1. The molecule has 0 radical (unpaired) electrons. The third-order valence-electron chi connectivity index (χ3n) is 3.85. The van der Waals surface area contributed by atoms with Gasteiger partial charge in [0.15, 0.2) is 0 Å². The maximum Gasteiger partial charge on any atom is 0.242 e. The number of benzene rings is 1. The number of hydrogen-bond acceptors (Lipinski definition) is 3. The van der Waals surface area contributed by atoms with E-state index in [1.165, 1.54) is 25.7 Å². The van der Waals surface area contributed by atoms with Crippen LogP contribution in [0.3, 0.4) is 0 Å². The van der Waals surface area contributed by atoms with Crippen LogP contribution >= 0.6 is 0 Å². The van der Waals surface area contributed by atoms with Gasteiger partial charge in [-0.25, -0.2) is 0 Å². The summed E-state index contributed by atoms with van der Waals surface area (Å²) < 4.78 is 5.80. The number of unbranched alkanes of at least 4 members (excludes halogenated alkanes) is 4. The Labute approximate surface area is 152 Å². The van der Waals surface area contributed by atoms with E-state index < -0.39 is 0 Å². The fourth-order valence-corrected chi connectivity index (χ4v) is 2.47. The standard InChI is InChI=1S/C21H32N2O2/c1-4-7-8-9-10-16-25-20-13-11-12-19(17-20)22-18-21(24)23(14-5-2)15-6-3/h5-6,11-13,17,22H,2-4,7-10,14-16,18H2,1H3. The Morgan fingerprint density at radius 1 is 1.16 bits per heavy atom. The van der Waals surface area contributed by atoms with E-state index in [2.05, 4.69) is 25.4 Å². The quantitative estimate of drug-likeness (QED) is 0.394. The predicted molar refractivity (Wildman–Crippen MR) is 106 cm³/mol. The van der Waals surface area contributed by atoms with Gasteiger partial charge in [0.25, 0.3) is 0 Å². The molecule has 0 fully saturated rings. The zero-order valence-corrected chi connectivity index (χ0v) is 15.5. The zero-order chi connectivity index (χ0) is 18.3. The first-order valence-electron chi connectivity index (χ1n) is 9.17. The van der Waals surface area contributed by atoms with Crippen LogP contribution in [0.4, 0.5) is 5.69 Å². The Morgan fingerprint density at radius 3 is 2.56 bits per heavy atom. The second-order valence-corrected chi connectivity index (χ2v) is 6.02. The van der Waals surface area contributed by atoms with E-state index in [4.69, 9.17) is 4.74 Å². The van der Waals surface area contributed by atoms with E-state index in [9.17, 15) is 4.79 Å². The minimum absolute atomic E-state index is 0.0158.